The number of primary amides is 1. The zero-order valence-electron chi connectivity index (χ0n) is 19.5. The summed E-state index contributed by atoms with van der Waals surface area (Å²) >= 11 is 3.28. The zero-order chi connectivity index (χ0) is 25.1. The predicted molar refractivity (Wildman–Crippen MR) is 134 cm³/mol. The molecule has 2 aromatic carbocycles. The summed E-state index contributed by atoms with van der Waals surface area (Å²) in [6, 6.07) is 11.1. The van der Waals surface area contributed by atoms with Crippen molar-refractivity contribution in [2.45, 2.75) is 44.8 Å². The third-order valence-electron chi connectivity index (χ3n) is 6.60. The van der Waals surface area contributed by atoms with Crippen molar-refractivity contribution in [3.63, 3.8) is 0 Å². The number of benzene rings is 2. The lowest BCUT2D eigenvalue weighted by Gasteiger charge is -2.37. The number of fused-ring (bicyclic) bond motifs is 1. The van der Waals surface area contributed by atoms with E-state index in [1.54, 1.807) is 24.0 Å². The molecule has 0 aliphatic carbocycles. The summed E-state index contributed by atoms with van der Waals surface area (Å²) in [5.41, 5.74) is 8.79. The molecular weight excluding hydrogens is 516 g/mol. The number of aromatic hydroxyl groups is 1. The number of nitrogens with two attached hydrogens (primary N) is 1. The molecule has 0 radical (unpaired) electrons. The van der Waals surface area contributed by atoms with Crippen LogP contribution in [-0.2, 0) is 22.4 Å². The third-order valence-corrected chi connectivity index (χ3v) is 7.21. The number of urea groups is 1. The van der Waals surface area contributed by atoms with Gasteiger partial charge in [-0.1, -0.05) is 24.3 Å². The molecule has 2 aromatic rings. The van der Waals surface area contributed by atoms with Gasteiger partial charge in [0.25, 0.3) is 5.91 Å². The summed E-state index contributed by atoms with van der Waals surface area (Å²) in [6.45, 7) is 3.18. The number of piperidine rings is 1. The van der Waals surface area contributed by atoms with E-state index in [0.29, 0.717) is 48.1 Å². The minimum absolute atomic E-state index is 0.0117. The molecule has 35 heavy (non-hydrogen) atoms. The van der Waals surface area contributed by atoms with Crippen LogP contribution in [0.4, 0.5) is 15.3 Å². The number of phenols is 1. The second kappa shape index (κ2) is 10.6. The number of nitrogens with one attached hydrogen (secondary N) is 1. The van der Waals surface area contributed by atoms with Crippen LogP contribution in [0.3, 0.4) is 0 Å². The third kappa shape index (κ3) is 5.70. The number of ether oxygens (including phenoxy) is 1. The fourth-order valence-corrected chi connectivity index (χ4v) is 5.24. The Bertz CT molecular complexity index is 1110. The van der Waals surface area contributed by atoms with Gasteiger partial charge >= 0.3 is 12.1 Å². The first kappa shape index (κ1) is 24.8. The van der Waals surface area contributed by atoms with Crippen LogP contribution in [0, 0.1) is 6.92 Å². The maximum absolute atomic E-state index is 12.8. The number of phenolic OH excluding ortho intramolecular Hbond substituents is 1. The number of para-hydroxylation sites is 1. The van der Waals surface area contributed by atoms with Crippen molar-refractivity contribution >= 4 is 39.6 Å². The molecule has 10 heteroatoms. The largest absolute Gasteiger partial charge is 0.506 e. The molecule has 1 fully saturated rings. The highest BCUT2D eigenvalue weighted by atomic mass is 79.9. The van der Waals surface area contributed by atoms with Gasteiger partial charge in [-0.3, -0.25) is 4.79 Å². The molecule has 2 heterocycles. The van der Waals surface area contributed by atoms with Crippen molar-refractivity contribution in [2.75, 3.05) is 25.0 Å². The maximum Gasteiger partial charge on any atom is 0.410 e. The van der Waals surface area contributed by atoms with Crippen molar-refractivity contribution in [3.05, 3.63) is 57.6 Å². The van der Waals surface area contributed by atoms with E-state index in [0.717, 1.165) is 17.7 Å². The van der Waals surface area contributed by atoms with Crippen molar-refractivity contribution in [1.29, 1.82) is 0 Å². The van der Waals surface area contributed by atoms with Crippen LogP contribution in [-0.4, -0.2) is 64.7 Å². The fourth-order valence-electron chi connectivity index (χ4n) is 4.63. The highest BCUT2D eigenvalue weighted by Crippen LogP contribution is 2.30. The van der Waals surface area contributed by atoms with E-state index in [1.165, 1.54) is 0 Å². The van der Waals surface area contributed by atoms with Gasteiger partial charge in [-0.05, 0) is 70.9 Å². The molecule has 0 spiro atoms. The van der Waals surface area contributed by atoms with E-state index in [-0.39, 0.29) is 24.2 Å². The number of likely N-dealkylation sites (tertiary alicyclic amines) is 1. The van der Waals surface area contributed by atoms with Gasteiger partial charge in [0.2, 0.25) is 0 Å². The van der Waals surface area contributed by atoms with Crippen LogP contribution in [0.5, 0.6) is 5.75 Å². The zero-order valence-corrected chi connectivity index (χ0v) is 21.1. The summed E-state index contributed by atoms with van der Waals surface area (Å²) in [5, 5.41) is 12.9. The summed E-state index contributed by atoms with van der Waals surface area (Å²) in [6.07, 6.45) is 0.366. The van der Waals surface area contributed by atoms with Gasteiger partial charge in [0.05, 0.1) is 4.47 Å². The summed E-state index contributed by atoms with van der Waals surface area (Å²) in [5.74, 6) is -0.623. The topological polar surface area (TPSA) is 125 Å². The van der Waals surface area contributed by atoms with Crippen molar-refractivity contribution in [3.8, 4) is 5.75 Å². The van der Waals surface area contributed by atoms with E-state index in [1.807, 2.05) is 29.2 Å². The Labute approximate surface area is 212 Å². The molecule has 1 atom stereocenters. The Kier molecular flexibility index (Phi) is 7.49. The molecule has 4 N–H and O–H groups in total. The Morgan fingerprint density at radius 2 is 1.94 bits per heavy atom. The minimum Gasteiger partial charge on any atom is -0.506 e. The molecule has 186 valence electrons. The number of anilines is 1. The monoisotopic (exact) mass is 544 g/mol. The second-order valence-corrected chi connectivity index (χ2v) is 9.83. The SMILES string of the molecule is Cc1cc(C[C@@H](OC(=O)N2CCC(N3CCc4ccccc4NC3=O)CC2)C(N)=O)cc(Br)c1O. The lowest BCUT2D eigenvalue weighted by atomic mass is 10.0. The van der Waals surface area contributed by atoms with Gasteiger partial charge in [0, 0.05) is 37.8 Å². The maximum atomic E-state index is 12.8. The van der Waals surface area contributed by atoms with E-state index in [2.05, 4.69) is 21.2 Å². The van der Waals surface area contributed by atoms with E-state index in [4.69, 9.17) is 10.5 Å². The molecule has 9 nitrogen and oxygen atoms in total. The van der Waals surface area contributed by atoms with Crippen LogP contribution < -0.4 is 11.1 Å². The number of halogens is 1. The van der Waals surface area contributed by atoms with Gasteiger partial charge in [0.1, 0.15) is 5.75 Å². The first-order valence-corrected chi connectivity index (χ1v) is 12.4. The lowest BCUT2D eigenvalue weighted by molar-refractivity contribution is -0.126. The number of hydrogen-bond acceptors (Lipinski definition) is 5. The molecule has 4 rings (SSSR count). The molecule has 0 unspecified atom stereocenters. The average Bonchev–Trinajstić information content (AvgIpc) is 3.00. The number of hydrogen-bond donors (Lipinski definition) is 3. The number of amides is 4. The summed E-state index contributed by atoms with van der Waals surface area (Å²) < 4.78 is 5.96. The molecule has 2 aliphatic heterocycles. The molecule has 0 saturated carbocycles. The molecule has 1 saturated heterocycles. The second-order valence-electron chi connectivity index (χ2n) is 8.97. The summed E-state index contributed by atoms with van der Waals surface area (Å²) in [7, 11) is 0. The van der Waals surface area contributed by atoms with Crippen molar-refractivity contribution < 1.29 is 24.2 Å². The fraction of sp³-hybridized carbons (Fsp3) is 0.400. The van der Waals surface area contributed by atoms with E-state index in [9.17, 15) is 19.5 Å². The average molecular weight is 545 g/mol. The van der Waals surface area contributed by atoms with Crippen molar-refractivity contribution in [1.82, 2.24) is 9.80 Å². The van der Waals surface area contributed by atoms with Crippen LogP contribution in [0.2, 0.25) is 0 Å². The molecule has 4 amide bonds. The highest BCUT2D eigenvalue weighted by Gasteiger charge is 2.33. The number of rotatable bonds is 5. The first-order valence-electron chi connectivity index (χ1n) is 11.6. The van der Waals surface area contributed by atoms with Gasteiger partial charge in [0.15, 0.2) is 6.10 Å². The van der Waals surface area contributed by atoms with E-state index >= 15 is 0 Å². The minimum atomic E-state index is -1.13. The first-order chi connectivity index (χ1) is 16.7. The molecule has 0 bridgehead atoms. The number of carbonyl (C=O) groups is 3. The normalized spacial score (nSPS) is 17.3. The van der Waals surface area contributed by atoms with Gasteiger partial charge in [-0.2, -0.15) is 0 Å². The van der Waals surface area contributed by atoms with Gasteiger partial charge in [-0.25, -0.2) is 9.59 Å². The number of aryl methyl sites for hydroxylation is 1. The Balaban J connectivity index is 1.33. The van der Waals surface area contributed by atoms with E-state index < -0.39 is 18.1 Å². The van der Waals surface area contributed by atoms with Gasteiger partial charge in [-0.15, -0.1) is 0 Å². The van der Waals surface area contributed by atoms with Crippen LogP contribution in [0.15, 0.2) is 40.9 Å². The predicted octanol–water partition coefficient (Wildman–Crippen LogP) is 3.55. The number of nitrogens with zero attached hydrogens (tertiary/aromatic N) is 2. The molecule has 2 aliphatic rings. The molecule has 0 aromatic heterocycles. The van der Waals surface area contributed by atoms with Crippen LogP contribution >= 0.6 is 15.9 Å². The Morgan fingerprint density at radius 3 is 2.63 bits per heavy atom. The van der Waals surface area contributed by atoms with Crippen LogP contribution in [0.25, 0.3) is 0 Å². The smallest absolute Gasteiger partial charge is 0.410 e. The highest BCUT2D eigenvalue weighted by molar-refractivity contribution is 9.10. The quantitative estimate of drug-likeness (QED) is 0.530. The number of carbonyl (C=O) groups excluding carboxylic acids is 3. The lowest BCUT2D eigenvalue weighted by Crippen LogP contribution is -2.50. The molecular formula is C25H29BrN4O5. The summed E-state index contributed by atoms with van der Waals surface area (Å²) in [4.78, 5) is 41.0. The van der Waals surface area contributed by atoms with Gasteiger partial charge < -0.3 is 30.7 Å². The van der Waals surface area contributed by atoms with Crippen molar-refractivity contribution in [2.24, 2.45) is 5.73 Å². The Hall–Kier alpha value is -3.27. The van der Waals surface area contributed by atoms with Crippen LogP contribution in [0.1, 0.15) is 29.5 Å². The Morgan fingerprint density at radius 1 is 1.23 bits per heavy atom. The standard InChI is InChI=1S/C25H29BrN4O5/c1-15-12-16(13-19(26)22(15)31)14-21(23(27)32)35-25(34)29-9-7-18(8-10-29)30-11-6-17-4-2-3-5-20(17)28-24(30)33/h2-5,12-13,18,21,31H,6-11,14H2,1H3,(H2,27,32)(H,28,33)/t21-/m1/s1.